The summed E-state index contributed by atoms with van der Waals surface area (Å²) in [5, 5.41) is 0. The summed E-state index contributed by atoms with van der Waals surface area (Å²) in [5.74, 6) is -0.267. The van der Waals surface area contributed by atoms with E-state index in [2.05, 4.69) is 58.9 Å². The third-order valence-corrected chi connectivity index (χ3v) is 5.92. The van der Waals surface area contributed by atoms with Gasteiger partial charge >= 0.3 is 11.9 Å². The molecule has 0 aliphatic heterocycles. The lowest BCUT2D eigenvalue weighted by atomic mass is 9.67. The number of hydrogen-bond acceptors (Lipinski definition) is 4. The minimum absolute atomic E-state index is 0.0584. The first-order valence-electron chi connectivity index (χ1n) is 11.0. The van der Waals surface area contributed by atoms with Crippen LogP contribution >= 0.6 is 0 Å². The molecule has 0 amide bonds. The lowest BCUT2D eigenvalue weighted by Crippen LogP contribution is -2.29. The Morgan fingerprint density at radius 2 is 1.56 bits per heavy atom. The number of benzene rings is 2. The lowest BCUT2D eigenvalue weighted by molar-refractivity contribution is -0.137. The van der Waals surface area contributed by atoms with Gasteiger partial charge in [-0.1, -0.05) is 52.0 Å². The molecule has 0 saturated heterocycles. The van der Waals surface area contributed by atoms with Gasteiger partial charge in [-0.25, -0.2) is 4.79 Å². The fraction of sp³-hybridized carbons (Fsp3) is 0.357. The Balaban J connectivity index is 2.18. The van der Waals surface area contributed by atoms with E-state index in [4.69, 9.17) is 9.47 Å². The molecule has 0 bridgehead atoms. The zero-order valence-electron chi connectivity index (χ0n) is 20.0. The van der Waals surface area contributed by atoms with Crippen LogP contribution in [-0.4, -0.2) is 18.5 Å². The number of rotatable bonds is 5. The van der Waals surface area contributed by atoms with Crippen LogP contribution in [0.25, 0.3) is 17.2 Å². The molecule has 168 valence electrons. The predicted octanol–water partition coefficient (Wildman–Crippen LogP) is 6.29. The minimum atomic E-state index is -0.390. The Labute approximate surface area is 190 Å². The molecule has 1 aliphatic rings. The van der Waals surface area contributed by atoms with Crippen LogP contribution in [0.15, 0.2) is 48.6 Å². The second-order valence-electron chi connectivity index (χ2n) is 9.42. The molecule has 0 atom stereocenters. The Morgan fingerprint density at radius 3 is 2.16 bits per heavy atom. The Kier molecular flexibility index (Phi) is 6.45. The number of fused-ring (bicyclic) bond motifs is 1. The van der Waals surface area contributed by atoms with E-state index in [0.717, 1.165) is 22.3 Å². The summed E-state index contributed by atoms with van der Waals surface area (Å²) in [6.07, 6.45) is 7.66. The maximum absolute atomic E-state index is 11.8. The van der Waals surface area contributed by atoms with Gasteiger partial charge in [0.25, 0.3) is 0 Å². The largest absolute Gasteiger partial charge is 0.463 e. The maximum Gasteiger partial charge on any atom is 0.330 e. The van der Waals surface area contributed by atoms with Crippen LogP contribution in [-0.2, 0) is 25.2 Å². The monoisotopic (exact) mass is 432 g/mol. The molecule has 2 aromatic rings. The number of ether oxygens (including phenoxy) is 2. The molecular weight excluding hydrogens is 400 g/mol. The van der Waals surface area contributed by atoms with Gasteiger partial charge < -0.3 is 9.47 Å². The summed E-state index contributed by atoms with van der Waals surface area (Å²) in [6, 6.07) is 10.0. The van der Waals surface area contributed by atoms with Crippen LogP contribution in [0.4, 0.5) is 0 Å². The Bertz CT molecular complexity index is 1120. The van der Waals surface area contributed by atoms with E-state index in [-0.39, 0.29) is 22.8 Å². The lowest BCUT2D eigenvalue weighted by Gasteiger charge is -2.37. The van der Waals surface area contributed by atoms with Gasteiger partial charge in [-0.05, 0) is 65.9 Å². The van der Waals surface area contributed by atoms with Crippen molar-refractivity contribution in [2.24, 2.45) is 0 Å². The molecule has 32 heavy (non-hydrogen) atoms. The normalized spacial score (nSPS) is 16.0. The molecule has 0 fully saturated rings. The molecule has 0 saturated carbocycles. The van der Waals surface area contributed by atoms with E-state index in [9.17, 15) is 9.59 Å². The van der Waals surface area contributed by atoms with Crippen molar-refractivity contribution in [2.45, 2.75) is 59.3 Å². The van der Waals surface area contributed by atoms with Crippen molar-refractivity contribution in [1.29, 1.82) is 0 Å². The molecule has 3 rings (SSSR count). The van der Waals surface area contributed by atoms with Gasteiger partial charge in [0.05, 0.1) is 6.61 Å². The topological polar surface area (TPSA) is 52.6 Å². The van der Waals surface area contributed by atoms with Crippen molar-refractivity contribution in [3.8, 4) is 16.9 Å². The van der Waals surface area contributed by atoms with E-state index >= 15 is 0 Å². The van der Waals surface area contributed by atoms with Crippen molar-refractivity contribution >= 4 is 18.0 Å². The van der Waals surface area contributed by atoms with Gasteiger partial charge in [-0.2, -0.15) is 0 Å². The molecule has 4 heteroatoms. The molecule has 2 aromatic carbocycles. The summed E-state index contributed by atoms with van der Waals surface area (Å²) in [4.78, 5) is 23.5. The highest BCUT2D eigenvalue weighted by atomic mass is 16.5. The zero-order chi connectivity index (χ0) is 23.7. The second-order valence-corrected chi connectivity index (χ2v) is 9.42. The van der Waals surface area contributed by atoms with Gasteiger partial charge in [0.15, 0.2) is 0 Å². The summed E-state index contributed by atoms with van der Waals surface area (Å²) in [7, 11) is 0. The first kappa shape index (κ1) is 23.5. The summed E-state index contributed by atoms with van der Waals surface area (Å²) in [5.41, 5.74) is 6.13. The fourth-order valence-corrected chi connectivity index (χ4v) is 4.12. The number of hydrogen-bond donors (Lipinski definition) is 0. The zero-order valence-corrected chi connectivity index (χ0v) is 20.0. The molecule has 1 aliphatic carbocycles. The Morgan fingerprint density at radius 1 is 0.938 bits per heavy atom. The van der Waals surface area contributed by atoms with Gasteiger partial charge in [0.2, 0.25) is 0 Å². The average molecular weight is 433 g/mol. The fourth-order valence-electron chi connectivity index (χ4n) is 4.12. The van der Waals surface area contributed by atoms with Crippen molar-refractivity contribution in [3.05, 3.63) is 70.8 Å². The van der Waals surface area contributed by atoms with Crippen LogP contribution in [0.3, 0.4) is 0 Å². The van der Waals surface area contributed by atoms with Gasteiger partial charge in [-0.3, -0.25) is 4.79 Å². The van der Waals surface area contributed by atoms with Crippen molar-refractivity contribution in [3.63, 3.8) is 0 Å². The standard InChI is InChI=1S/C28H32O4/c1-8-31-26(30)12-10-20-9-11-25(32-19(3)29)22(16-20)21-17-24-23(15-18(21)2)27(4,5)13-14-28(24,6)7/h9-17H,8H2,1-7H3. The van der Waals surface area contributed by atoms with Crippen LogP contribution < -0.4 is 4.74 Å². The number of carbonyl (C=O) groups excluding carboxylic acids is 2. The summed E-state index contributed by atoms with van der Waals surface area (Å²) < 4.78 is 10.5. The predicted molar refractivity (Wildman–Crippen MR) is 129 cm³/mol. The molecule has 0 aromatic heterocycles. The van der Waals surface area contributed by atoms with Crippen LogP contribution in [0.1, 0.15) is 63.8 Å². The minimum Gasteiger partial charge on any atom is -0.463 e. The number of carbonyl (C=O) groups is 2. The molecule has 0 N–H and O–H groups in total. The van der Waals surface area contributed by atoms with Gasteiger partial charge in [0.1, 0.15) is 5.75 Å². The summed E-state index contributed by atoms with van der Waals surface area (Å²) in [6.45, 7) is 14.4. The van der Waals surface area contributed by atoms with E-state index in [1.54, 1.807) is 19.1 Å². The smallest absolute Gasteiger partial charge is 0.330 e. The highest BCUT2D eigenvalue weighted by molar-refractivity contribution is 5.88. The molecule has 4 nitrogen and oxygen atoms in total. The van der Waals surface area contributed by atoms with E-state index in [1.807, 2.05) is 12.1 Å². The van der Waals surface area contributed by atoms with Crippen molar-refractivity contribution < 1.29 is 19.1 Å². The SMILES string of the molecule is CCOC(=O)C=Cc1ccc(OC(C)=O)c(-c2cc3c(cc2C)C(C)(C)C=CC3(C)C)c1. The number of allylic oxidation sites excluding steroid dienone is 2. The molecule has 0 radical (unpaired) electrons. The van der Waals surface area contributed by atoms with Crippen LogP contribution in [0.2, 0.25) is 0 Å². The van der Waals surface area contributed by atoms with Crippen LogP contribution in [0.5, 0.6) is 5.75 Å². The second kappa shape index (κ2) is 8.78. The molecule has 0 heterocycles. The van der Waals surface area contributed by atoms with Gasteiger partial charge in [0, 0.05) is 29.4 Å². The maximum atomic E-state index is 11.8. The van der Waals surface area contributed by atoms with Gasteiger partial charge in [-0.15, -0.1) is 0 Å². The molecule has 0 spiro atoms. The first-order chi connectivity index (χ1) is 14.9. The number of esters is 2. The van der Waals surface area contributed by atoms with Crippen molar-refractivity contribution in [2.75, 3.05) is 6.61 Å². The highest BCUT2D eigenvalue weighted by Gasteiger charge is 2.33. The third-order valence-electron chi connectivity index (χ3n) is 5.92. The number of aryl methyl sites for hydroxylation is 1. The third kappa shape index (κ3) is 4.85. The summed E-state index contributed by atoms with van der Waals surface area (Å²) >= 11 is 0. The molecular formula is C28H32O4. The van der Waals surface area contributed by atoms with Crippen molar-refractivity contribution in [1.82, 2.24) is 0 Å². The highest BCUT2D eigenvalue weighted by Crippen LogP contribution is 2.45. The average Bonchev–Trinajstić information content (AvgIpc) is 2.70. The first-order valence-corrected chi connectivity index (χ1v) is 11.0. The molecule has 0 unspecified atom stereocenters. The van der Waals surface area contributed by atoms with E-state index in [1.165, 1.54) is 24.1 Å². The quantitative estimate of drug-likeness (QED) is 0.241. The van der Waals surface area contributed by atoms with E-state index in [0.29, 0.717) is 12.4 Å². The van der Waals surface area contributed by atoms with Crippen LogP contribution in [0, 0.1) is 6.92 Å². The van der Waals surface area contributed by atoms with E-state index < -0.39 is 0 Å². The Hall–Kier alpha value is -3.14.